The molecule has 1 saturated heterocycles. The highest BCUT2D eigenvalue weighted by Crippen LogP contribution is 2.18. The van der Waals surface area contributed by atoms with Crippen LogP contribution < -0.4 is 0 Å². The summed E-state index contributed by atoms with van der Waals surface area (Å²) in [6.07, 6.45) is 8.35. The van der Waals surface area contributed by atoms with Crippen LogP contribution in [-0.2, 0) is 0 Å². The molecule has 0 radical (unpaired) electrons. The summed E-state index contributed by atoms with van der Waals surface area (Å²) in [7, 11) is 4.34. The fraction of sp³-hybridized carbons (Fsp3) is 0.571. The van der Waals surface area contributed by atoms with Gasteiger partial charge in [0.25, 0.3) is 0 Å². The van der Waals surface area contributed by atoms with Crippen molar-refractivity contribution in [2.45, 2.75) is 12.8 Å². The van der Waals surface area contributed by atoms with Crippen molar-refractivity contribution < 1.29 is 0 Å². The molecule has 0 unspecified atom stereocenters. The molecule has 2 heteroatoms. The maximum absolute atomic E-state index is 3.84. The first kappa shape index (κ1) is 13.0. The molecular weight excluding hydrogens is 196 g/mol. The van der Waals surface area contributed by atoms with Gasteiger partial charge in [0.2, 0.25) is 0 Å². The molecule has 16 heavy (non-hydrogen) atoms. The Bertz CT molecular complexity index is 260. The minimum Gasteiger partial charge on any atom is -0.374 e. The van der Waals surface area contributed by atoms with Crippen molar-refractivity contribution in [2.75, 3.05) is 33.7 Å². The number of hydrogen-bond acceptors (Lipinski definition) is 2. The molecule has 0 saturated carbocycles. The maximum Gasteiger partial charge on any atom is 0.0357 e. The van der Waals surface area contributed by atoms with Crippen LogP contribution in [0.3, 0.4) is 0 Å². The summed E-state index contributed by atoms with van der Waals surface area (Å²) in [5.41, 5.74) is 1.16. The summed E-state index contributed by atoms with van der Waals surface area (Å²) in [6.45, 7) is 11.2. The molecule has 0 aromatic carbocycles. The second-order valence-electron chi connectivity index (χ2n) is 4.66. The minimum atomic E-state index is 0.814. The van der Waals surface area contributed by atoms with Crippen molar-refractivity contribution in [2.24, 2.45) is 5.92 Å². The molecule has 0 spiro atoms. The van der Waals surface area contributed by atoms with Crippen LogP contribution in [0, 0.1) is 5.92 Å². The van der Waals surface area contributed by atoms with Gasteiger partial charge in [-0.2, -0.15) is 0 Å². The van der Waals surface area contributed by atoms with Crippen LogP contribution >= 0.6 is 0 Å². The number of allylic oxidation sites excluding steroid dienone is 3. The Morgan fingerprint density at radius 3 is 2.50 bits per heavy atom. The lowest BCUT2D eigenvalue weighted by molar-refractivity contribution is 0.192. The van der Waals surface area contributed by atoms with Gasteiger partial charge >= 0.3 is 0 Å². The van der Waals surface area contributed by atoms with E-state index in [0.717, 1.165) is 18.2 Å². The monoisotopic (exact) mass is 220 g/mol. The molecule has 0 aromatic rings. The van der Waals surface area contributed by atoms with Crippen molar-refractivity contribution in [3.05, 3.63) is 37.1 Å². The van der Waals surface area contributed by atoms with Crippen LogP contribution in [0.4, 0.5) is 0 Å². The number of nitrogens with zero attached hydrogens (tertiary/aromatic N) is 2. The van der Waals surface area contributed by atoms with Crippen LogP contribution in [0.1, 0.15) is 12.8 Å². The fourth-order valence-corrected chi connectivity index (χ4v) is 2.21. The summed E-state index contributed by atoms with van der Waals surface area (Å²) >= 11 is 0. The lowest BCUT2D eigenvalue weighted by Crippen LogP contribution is -2.35. The molecule has 2 nitrogen and oxygen atoms in total. The van der Waals surface area contributed by atoms with E-state index in [1.54, 1.807) is 0 Å². The Kier molecular flexibility index (Phi) is 5.33. The highest BCUT2D eigenvalue weighted by atomic mass is 15.1. The summed E-state index contributed by atoms with van der Waals surface area (Å²) in [5.74, 6) is 0.814. The van der Waals surface area contributed by atoms with E-state index in [4.69, 9.17) is 0 Å². The van der Waals surface area contributed by atoms with E-state index in [1.165, 1.54) is 25.9 Å². The molecular formula is C14H24N2. The number of piperidine rings is 1. The fourth-order valence-electron chi connectivity index (χ4n) is 2.21. The molecule has 1 heterocycles. The second kappa shape index (κ2) is 6.54. The molecule has 1 fully saturated rings. The predicted octanol–water partition coefficient (Wildman–Crippen LogP) is 2.52. The summed E-state index contributed by atoms with van der Waals surface area (Å²) < 4.78 is 0. The standard InChI is InChI=1S/C14H24N2/c1-5-7-14(6-2)16(4)12-13-8-10-15(3)11-9-13/h5-7,13H,1-2,8-12H2,3-4H3. The Morgan fingerprint density at radius 2 is 2.00 bits per heavy atom. The van der Waals surface area contributed by atoms with E-state index >= 15 is 0 Å². The number of likely N-dealkylation sites (N-methyl/N-ethyl adjacent to an activating group) is 1. The van der Waals surface area contributed by atoms with Crippen molar-refractivity contribution >= 4 is 0 Å². The van der Waals surface area contributed by atoms with Gasteiger partial charge in [0.15, 0.2) is 0 Å². The van der Waals surface area contributed by atoms with Gasteiger partial charge in [0.05, 0.1) is 0 Å². The zero-order valence-electron chi connectivity index (χ0n) is 10.7. The third-order valence-corrected chi connectivity index (χ3v) is 3.31. The van der Waals surface area contributed by atoms with Crippen molar-refractivity contribution in [1.29, 1.82) is 0 Å². The smallest absolute Gasteiger partial charge is 0.0357 e. The molecule has 1 aliphatic heterocycles. The van der Waals surface area contributed by atoms with Gasteiger partial charge in [-0.15, -0.1) is 0 Å². The maximum atomic E-state index is 3.84. The Morgan fingerprint density at radius 1 is 1.38 bits per heavy atom. The predicted molar refractivity (Wildman–Crippen MR) is 71.3 cm³/mol. The zero-order chi connectivity index (χ0) is 12.0. The van der Waals surface area contributed by atoms with Crippen molar-refractivity contribution in [3.63, 3.8) is 0 Å². The molecule has 0 N–H and O–H groups in total. The highest BCUT2D eigenvalue weighted by Gasteiger charge is 2.18. The van der Waals surface area contributed by atoms with E-state index in [-0.39, 0.29) is 0 Å². The van der Waals surface area contributed by atoms with Gasteiger partial charge in [-0.05, 0) is 51.0 Å². The van der Waals surface area contributed by atoms with E-state index < -0.39 is 0 Å². The summed E-state index contributed by atoms with van der Waals surface area (Å²) in [4.78, 5) is 4.69. The Balaban J connectivity index is 2.44. The third kappa shape index (κ3) is 3.86. The van der Waals surface area contributed by atoms with Gasteiger partial charge in [-0.1, -0.05) is 19.2 Å². The van der Waals surface area contributed by atoms with Crippen LogP contribution in [0.5, 0.6) is 0 Å². The molecule has 1 aliphatic rings. The molecule has 1 rings (SSSR count). The summed E-state index contributed by atoms with van der Waals surface area (Å²) in [5, 5.41) is 0. The molecule has 0 aliphatic carbocycles. The minimum absolute atomic E-state index is 0.814. The van der Waals surface area contributed by atoms with Crippen LogP contribution in [0.2, 0.25) is 0 Å². The highest BCUT2D eigenvalue weighted by molar-refractivity contribution is 5.19. The molecule has 0 bridgehead atoms. The van der Waals surface area contributed by atoms with Crippen molar-refractivity contribution in [1.82, 2.24) is 9.80 Å². The Labute approximate surface area is 99.9 Å². The van der Waals surface area contributed by atoms with Crippen molar-refractivity contribution in [3.8, 4) is 0 Å². The zero-order valence-corrected chi connectivity index (χ0v) is 10.7. The van der Waals surface area contributed by atoms with Gasteiger partial charge in [0.1, 0.15) is 0 Å². The topological polar surface area (TPSA) is 6.48 Å². The molecule has 0 aromatic heterocycles. The van der Waals surface area contributed by atoms with E-state index in [9.17, 15) is 0 Å². The lowest BCUT2D eigenvalue weighted by atomic mass is 9.96. The van der Waals surface area contributed by atoms with E-state index in [0.29, 0.717) is 0 Å². The average molecular weight is 220 g/mol. The Hall–Kier alpha value is -1.02. The first-order valence-electron chi connectivity index (χ1n) is 6.02. The third-order valence-electron chi connectivity index (χ3n) is 3.31. The first-order chi connectivity index (χ1) is 7.67. The van der Waals surface area contributed by atoms with Gasteiger partial charge in [0, 0.05) is 19.3 Å². The van der Waals surface area contributed by atoms with Crippen LogP contribution in [0.25, 0.3) is 0 Å². The molecule has 0 atom stereocenters. The van der Waals surface area contributed by atoms with Gasteiger partial charge < -0.3 is 9.80 Å². The van der Waals surface area contributed by atoms with Crippen LogP contribution in [-0.4, -0.2) is 43.5 Å². The quantitative estimate of drug-likeness (QED) is 0.657. The molecule has 0 amide bonds. The first-order valence-corrected chi connectivity index (χ1v) is 6.02. The average Bonchev–Trinajstić information content (AvgIpc) is 2.29. The van der Waals surface area contributed by atoms with Crippen LogP contribution in [0.15, 0.2) is 37.1 Å². The number of rotatable bonds is 5. The normalized spacial score (nSPS) is 19.5. The summed E-state index contributed by atoms with van der Waals surface area (Å²) in [6, 6.07) is 0. The van der Waals surface area contributed by atoms with Gasteiger partial charge in [-0.3, -0.25) is 0 Å². The van der Waals surface area contributed by atoms with Gasteiger partial charge in [-0.25, -0.2) is 0 Å². The number of hydrogen-bond donors (Lipinski definition) is 0. The number of likely N-dealkylation sites (tertiary alicyclic amines) is 1. The molecule has 90 valence electrons. The largest absolute Gasteiger partial charge is 0.374 e. The van der Waals surface area contributed by atoms with E-state index in [2.05, 4.69) is 37.1 Å². The lowest BCUT2D eigenvalue weighted by Gasteiger charge is -2.32. The van der Waals surface area contributed by atoms with E-state index in [1.807, 2.05) is 18.2 Å². The SMILES string of the molecule is C=CC=C(C=C)N(C)CC1CCN(C)CC1. The second-order valence-corrected chi connectivity index (χ2v) is 4.66.